The van der Waals surface area contributed by atoms with Crippen molar-refractivity contribution in [3.05, 3.63) is 30.3 Å². The van der Waals surface area contributed by atoms with E-state index in [1.54, 1.807) is 0 Å². The number of hydrogen-bond donors (Lipinski definition) is 1. The first-order valence-electron chi connectivity index (χ1n) is 8.01. The predicted octanol–water partition coefficient (Wildman–Crippen LogP) is 4.26. The molecule has 1 aliphatic rings. The Balaban J connectivity index is 1.72. The number of hydrogen-bond acceptors (Lipinski definition) is 2. The lowest BCUT2D eigenvalue weighted by Gasteiger charge is -2.31. The van der Waals surface area contributed by atoms with Gasteiger partial charge in [0.2, 0.25) is 0 Å². The second kappa shape index (κ2) is 7.12. The summed E-state index contributed by atoms with van der Waals surface area (Å²) in [4.78, 5) is 0. The monoisotopic (exact) mass is 275 g/mol. The lowest BCUT2D eigenvalue weighted by molar-refractivity contribution is 0.201. The molecule has 1 N–H and O–H groups in total. The van der Waals surface area contributed by atoms with Crippen LogP contribution in [0.1, 0.15) is 46.5 Å². The van der Waals surface area contributed by atoms with E-state index >= 15 is 0 Å². The molecule has 0 bridgehead atoms. The maximum atomic E-state index is 5.81. The van der Waals surface area contributed by atoms with Gasteiger partial charge in [-0.3, -0.25) is 0 Å². The Morgan fingerprint density at radius 2 is 1.95 bits per heavy atom. The molecule has 0 spiro atoms. The van der Waals surface area contributed by atoms with Gasteiger partial charge in [-0.05, 0) is 49.1 Å². The van der Waals surface area contributed by atoms with Gasteiger partial charge in [-0.15, -0.1) is 0 Å². The average molecular weight is 275 g/mol. The zero-order valence-corrected chi connectivity index (χ0v) is 13.2. The second-order valence-electron chi connectivity index (χ2n) is 6.73. The summed E-state index contributed by atoms with van der Waals surface area (Å²) in [5.74, 6) is 1.91. The van der Waals surface area contributed by atoms with Gasteiger partial charge in [-0.25, -0.2) is 0 Å². The van der Waals surface area contributed by atoms with E-state index in [0.717, 1.165) is 31.2 Å². The Morgan fingerprint density at radius 3 is 2.55 bits per heavy atom. The first-order chi connectivity index (χ1) is 9.60. The van der Waals surface area contributed by atoms with E-state index in [4.69, 9.17) is 4.74 Å². The number of nitrogens with one attached hydrogen (secondary N) is 1. The van der Waals surface area contributed by atoms with Gasteiger partial charge in [-0.1, -0.05) is 39.0 Å². The Kier molecular flexibility index (Phi) is 5.47. The standard InChI is InChI=1S/C18H29NO/c1-15(2)19-14-18(3,16-10-11-16)12-7-13-20-17-8-5-4-6-9-17/h4-6,8-9,15-16,19H,7,10-14H2,1-3H3. The molecule has 1 aromatic rings. The highest BCUT2D eigenvalue weighted by atomic mass is 16.5. The molecule has 1 fully saturated rings. The van der Waals surface area contributed by atoms with Gasteiger partial charge in [-0.2, -0.15) is 0 Å². The quantitative estimate of drug-likeness (QED) is 0.680. The summed E-state index contributed by atoms with van der Waals surface area (Å²) in [7, 11) is 0. The highest BCUT2D eigenvalue weighted by Gasteiger charge is 2.40. The Morgan fingerprint density at radius 1 is 1.25 bits per heavy atom. The van der Waals surface area contributed by atoms with Crippen LogP contribution in [0.15, 0.2) is 30.3 Å². The molecule has 1 aromatic carbocycles. The molecular weight excluding hydrogens is 246 g/mol. The molecule has 1 unspecified atom stereocenters. The van der Waals surface area contributed by atoms with Crippen molar-refractivity contribution in [2.24, 2.45) is 11.3 Å². The van der Waals surface area contributed by atoms with Crippen molar-refractivity contribution < 1.29 is 4.74 Å². The zero-order valence-electron chi connectivity index (χ0n) is 13.2. The largest absolute Gasteiger partial charge is 0.494 e. The summed E-state index contributed by atoms with van der Waals surface area (Å²) in [6, 6.07) is 10.7. The van der Waals surface area contributed by atoms with Gasteiger partial charge >= 0.3 is 0 Å². The van der Waals surface area contributed by atoms with Crippen molar-refractivity contribution in [3.63, 3.8) is 0 Å². The molecule has 0 saturated heterocycles. The third kappa shape index (κ3) is 4.82. The van der Waals surface area contributed by atoms with Crippen LogP contribution in [0.2, 0.25) is 0 Å². The third-order valence-corrected chi connectivity index (χ3v) is 4.38. The van der Waals surface area contributed by atoms with E-state index in [1.165, 1.54) is 19.3 Å². The van der Waals surface area contributed by atoms with Crippen molar-refractivity contribution in [3.8, 4) is 5.75 Å². The van der Waals surface area contributed by atoms with Crippen molar-refractivity contribution in [2.75, 3.05) is 13.2 Å². The third-order valence-electron chi connectivity index (χ3n) is 4.38. The summed E-state index contributed by atoms with van der Waals surface area (Å²) in [6.07, 6.45) is 5.22. The van der Waals surface area contributed by atoms with Crippen LogP contribution in [0.4, 0.5) is 0 Å². The average Bonchev–Trinajstić information content (AvgIpc) is 3.28. The van der Waals surface area contributed by atoms with E-state index in [-0.39, 0.29) is 0 Å². The Hall–Kier alpha value is -1.02. The Bertz CT molecular complexity index is 386. The maximum Gasteiger partial charge on any atom is 0.119 e. The summed E-state index contributed by atoms with van der Waals surface area (Å²) >= 11 is 0. The van der Waals surface area contributed by atoms with Crippen LogP contribution < -0.4 is 10.1 Å². The number of ether oxygens (including phenoxy) is 1. The van der Waals surface area contributed by atoms with Crippen LogP contribution in [-0.4, -0.2) is 19.2 Å². The lowest BCUT2D eigenvalue weighted by atomic mass is 9.80. The van der Waals surface area contributed by atoms with Crippen LogP contribution >= 0.6 is 0 Å². The molecule has 0 amide bonds. The predicted molar refractivity (Wildman–Crippen MR) is 85.1 cm³/mol. The molecule has 2 heteroatoms. The fourth-order valence-corrected chi connectivity index (χ4v) is 2.84. The van der Waals surface area contributed by atoms with Crippen molar-refractivity contribution in [2.45, 2.75) is 52.5 Å². The lowest BCUT2D eigenvalue weighted by Crippen LogP contribution is -2.37. The summed E-state index contributed by atoms with van der Waals surface area (Å²) in [5.41, 5.74) is 0.449. The van der Waals surface area contributed by atoms with E-state index in [1.807, 2.05) is 30.3 Å². The van der Waals surface area contributed by atoms with Gasteiger partial charge in [0.15, 0.2) is 0 Å². The van der Waals surface area contributed by atoms with Crippen LogP contribution in [-0.2, 0) is 0 Å². The first kappa shape index (κ1) is 15.4. The van der Waals surface area contributed by atoms with Crippen molar-refractivity contribution >= 4 is 0 Å². The Labute approximate surface area is 123 Å². The van der Waals surface area contributed by atoms with Gasteiger partial charge in [0, 0.05) is 12.6 Å². The van der Waals surface area contributed by atoms with Crippen molar-refractivity contribution in [1.82, 2.24) is 5.32 Å². The maximum absolute atomic E-state index is 5.81. The molecule has 0 radical (unpaired) electrons. The number of rotatable bonds is 9. The molecule has 0 heterocycles. The second-order valence-corrected chi connectivity index (χ2v) is 6.73. The SMILES string of the molecule is CC(C)NCC(C)(CCCOc1ccccc1)C1CC1. The molecule has 2 rings (SSSR count). The van der Waals surface area contributed by atoms with Crippen molar-refractivity contribution in [1.29, 1.82) is 0 Å². The first-order valence-corrected chi connectivity index (χ1v) is 8.01. The minimum absolute atomic E-state index is 0.449. The van der Waals surface area contributed by atoms with Crippen LogP contribution in [0.25, 0.3) is 0 Å². The molecule has 1 atom stereocenters. The van der Waals surface area contributed by atoms with E-state index in [9.17, 15) is 0 Å². The molecule has 0 aromatic heterocycles. The van der Waals surface area contributed by atoms with E-state index in [0.29, 0.717) is 11.5 Å². The van der Waals surface area contributed by atoms with E-state index in [2.05, 4.69) is 26.1 Å². The minimum atomic E-state index is 0.449. The highest BCUT2D eigenvalue weighted by Crippen LogP contribution is 2.47. The number of benzene rings is 1. The molecule has 0 aliphatic heterocycles. The fraction of sp³-hybridized carbons (Fsp3) is 0.667. The fourth-order valence-electron chi connectivity index (χ4n) is 2.84. The normalized spacial score (nSPS) is 18.0. The summed E-state index contributed by atoms with van der Waals surface area (Å²) in [6.45, 7) is 8.87. The van der Waals surface area contributed by atoms with Crippen LogP contribution in [0.5, 0.6) is 5.75 Å². The number of para-hydroxylation sites is 1. The van der Waals surface area contributed by atoms with Gasteiger partial charge in [0.25, 0.3) is 0 Å². The molecule has 1 saturated carbocycles. The smallest absolute Gasteiger partial charge is 0.119 e. The minimum Gasteiger partial charge on any atom is -0.494 e. The van der Waals surface area contributed by atoms with Crippen LogP contribution in [0.3, 0.4) is 0 Å². The van der Waals surface area contributed by atoms with Gasteiger partial charge in [0.05, 0.1) is 6.61 Å². The van der Waals surface area contributed by atoms with Gasteiger partial charge in [0.1, 0.15) is 5.75 Å². The molecule has 2 nitrogen and oxygen atoms in total. The molecular formula is C18H29NO. The molecule has 112 valence electrons. The highest BCUT2D eigenvalue weighted by molar-refractivity contribution is 5.20. The summed E-state index contributed by atoms with van der Waals surface area (Å²) < 4.78 is 5.81. The van der Waals surface area contributed by atoms with E-state index < -0.39 is 0 Å². The summed E-state index contributed by atoms with van der Waals surface area (Å²) in [5, 5.41) is 3.63. The topological polar surface area (TPSA) is 21.3 Å². The van der Waals surface area contributed by atoms with Crippen LogP contribution in [0, 0.1) is 11.3 Å². The molecule has 20 heavy (non-hydrogen) atoms. The van der Waals surface area contributed by atoms with Gasteiger partial charge < -0.3 is 10.1 Å². The zero-order chi connectivity index (χ0) is 14.4. The molecule has 1 aliphatic carbocycles.